The standard InChI is InChI=1S/C21H23Cl2N3O4S/c1-3-4-11-29-16-8-5-14(6-9-16)20(28)24-21(31)26-25-19(27)13(2)30-18-10-7-15(22)12-17(18)23/h5-10,12-13H,3-4,11H2,1-2H3,(H,25,27)(H2,24,26,28,31). The third-order valence-electron chi connectivity index (χ3n) is 3.98. The molecule has 1 unspecified atom stereocenters. The fraction of sp³-hybridized carbons (Fsp3) is 0.286. The van der Waals surface area contributed by atoms with Gasteiger partial charge >= 0.3 is 0 Å². The third-order valence-corrected chi connectivity index (χ3v) is 4.71. The van der Waals surface area contributed by atoms with Crippen molar-refractivity contribution in [2.75, 3.05) is 6.61 Å². The minimum absolute atomic E-state index is 0.0710. The molecule has 0 aliphatic carbocycles. The summed E-state index contributed by atoms with van der Waals surface area (Å²) in [6.45, 7) is 4.24. The zero-order chi connectivity index (χ0) is 22.8. The van der Waals surface area contributed by atoms with Gasteiger partial charge in [-0.2, -0.15) is 0 Å². The number of benzene rings is 2. The second-order valence-corrected chi connectivity index (χ2v) is 7.71. The van der Waals surface area contributed by atoms with Gasteiger partial charge in [0.15, 0.2) is 11.2 Å². The number of ether oxygens (including phenoxy) is 2. The van der Waals surface area contributed by atoms with E-state index in [0.717, 1.165) is 12.8 Å². The number of thiocarbonyl (C=S) groups is 1. The van der Waals surface area contributed by atoms with Gasteiger partial charge in [-0.25, -0.2) is 0 Å². The Labute approximate surface area is 196 Å². The number of rotatable bonds is 8. The Balaban J connectivity index is 1.78. The molecule has 3 N–H and O–H groups in total. The summed E-state index contributed by atoms with van der Waals surface area (Å²) in [5, 5.41) is 3.14. The summed E-state index contributed by atoms with van der Waals surface area (Å²) in [7, 11) is 0. The van der Waals surface area contributed by atoms with Crippen LogP contribution in [0.2, 0.25) is 10.0 Å². The molecule has 0 saturated heterocycles. The number of hydrogen-bond acceptors (Lipinski definition) is 5. The van der Waals surface area contributed by atoms with E-state index in [1.54, 1.807) is 36.4 Å². The molecule has 31 heavy (non-hydrogen) atoms. The lowest BCUT2D eigenvalue weighted by molar-refractivity contribution is -0.127. The molecule has 0 radical (unpaired) electrons. The summed E-state index contributed by atoms with van der Waals surface area (Å²) in [4.78, 5) is 24.4. The number of hydrogen-bond donors (Lipinski definition) is 3. The number of amides is 2. The minimum atomic E-state index is -0.884. The molecule has 0 spiro atoms. The molecule has 166 valence electrons. The van der Waals surface area contributed by atoms with Crippen LogP contribution in [0.25, 0.3) is 0 Å². The Morgan fingerprint density at radius 1 is 1.10 bits per heavy atom. The average molecular weight is 484 g/mol. The van der Waals surface area contributed by atoms with E-state index in [1.807, 2.05) is 0 Å². The van der Waals surface area contributed by atoms with Gasteiger partial charge in [-0.3, -0.25) is 25.8 Å². The van der Waals surface area contributed by atoms with Gasteiger partial charge in [0.1, 0.15) is 11.5 Å². The summed E-state index contributed by atoms with van der Waals surface area (Å²) in [6, 6.07) is 11.4. The number of hydrazine groups is 1. The first kappa shape index (κ1) is 24.7. The molecule has 0 bridgehead atoms. The van der Waals surface area contributed by atoms with Crippen molar-refractivity contribution >= 4 is 52.3 Å². The predicted octanol–water partition coefficient (Wildman–Crippen LogP) is 4.28. The normalized spacial score (nSPS) is 11.2. The van der Waals surface area contributed by atoms with Crippen LogP contribution in [0.1, 0.15) is 37.0 Å². The highest BCUT2D eigenvalue weighted by Gasteiger charge is 2.17. The maximum absolute atomic E-state index is 12.3. The average Bonchev–Trinajstić information content (AvgIpc) is 2.74. The number of halogens is 2. The van der Waals surface area contributed by atoms with E-state index in [9.17, 15) is 9.59 Å². The summed E-state index contributed by atoms with van der Waals surface area (Å²) in [5.41, 5.74) is 5.23. The Hall–Kier alpha value is -2.55. The first-order valence-corrected chi connectivity index (χ1v) is 10.7. The molecule has 0 aromatic heterocycles. The van der Waals surface area contributed by atoms with Crippen molar-refractivity contribution in [1.82, 2.24) is 16.2 Å². The number of unbranched alkanes of at least 4 members (excludes halogenated alkanes) is 1. The molecule has 2 aromatic rings. The van der Waals surface area contributed by atoms with Crippen molar-refractivity contribution in [2.24, 2.45) is 0 Å². The fourth-order valence-electron chi connectivity index (χ4n) is 2.28. The first-order valence-electron chi connectivity index (χ1n) is 9.56. The fourth-order valence-corrected chi connectivity index (χ4v) is 2.87. The topological polar surface area (TPSA) is 88.7 Å². The number of nitrogens with one attached hydrogen (secondary N) is 3. The summed E-state index contributed by atoms with van der Waals surface area (Å²) in [6.07, 6.45) is 1.12. The van der Waals surface area contributed by atoms with E-state index in [-0.39, 0.29) is 10.1 Å². The van der Waals surface area contributed by atoms with Crippen LogP contribution in [-0.2, 0) is 4.79 Å². The van der Waals surface area contributed by atoms with Crippen LogP contribution in [0, 0.1) is 0 Å². The zero-order valence-electron chi connectivity index (χ0n) is 17.0. The molecular weight excluding hydrogens is 461 g/mol. The molecule has 0 saturated carbocycles. The van der Waals surface area contributed by atoms with Gasteiger partial charge in [-0.15, -0.1) is 0 Å². The van der Waals surface area contributed by atoms with Crippen LogP contribution in [-0.4, -0.2) is 29.6 Å². The van der Waals surface area contributed by atoms with Crippen LogP contribution >= 0.6 is 35.4 Å². The maximum atomic E-state index is 12.3. The molecule has 0 heterocycles. The van der Waals surface area contributed by atoms with Crippen molar-refractivity contribution in [3.63, 3.8) is 0 Å². The van der Waals surface area contributed by atoms with Gasteiger partial charge in [-0.05, 0) is 68.0 Å². The quantitative estimate of drug-likeness (QED) is 0.295. The Morgan fingerprint density at radius 3 is 2.45 bits per heavy atom. The number of carbonyl (C=O) groups excluding carboxylic acids is 2. The van der Waals surface area contributed by atoms with E-state index < -0.39 is 17.9 Å². The molecule has 2 rings (SSSR count). The molecule has 10 heteroatoms. The second-order valence-electron chi connectivity index (χ2n) is 6.46. The SMILES string of the molecule is CCCCOc1ccc(C(=O)NC(=S)NNC(=O)C(C)Oc2ccc(Cl)cc2Cl)cc1. The van der Waals surface area contributed by atoms with Gasteiger partial charge in [0.05, 0.1) is 11.6 Å². The predicted molar refractivity (Wildman–Crippen MR) is 125 cm³/mol. The van der Waals surface area contributed by atoms with E-state index >= 15 is 0 Å². The van der Waals surface area contributed by atoms with Gasteiger partial charge < -0.3 is 9.47 Å². The van der Waals surface area contributed by atoms with Crippen molar-refractivity contribution < 1.29 is 19.1 Å². The molecule has 0 aliphatic heterocycles. The van der Waals surface area contributed by atoms with Crippen molar-refractivity contribution in [3.05, 3.63) is 58.1 Å². The molecule has 1 atom stereocenters. The lowest BCUT2D eigenvalue weighted by atomic mass is 10.2. The summed E-state index contributed by atoms with van der Waals surface area (Å²) >= 11 is 16.9. The highest BCUT2D eigenvalue weighted by atomic mass is 35.5. The smallest absolute Gasteiger partial charge is 0.279 e. The Kier molecular flexibility index (Phi) is 9.84. The summed E-state index contributed by atoms with van der Waals surface area (Å²) in [5.74, 6) is 0.0553. The van der Waals surface area contributed by atoms with Crippen LogP contribution in [0.15, 0.2) is 42.5 Å². The number of carbonyl (C=O) groups is 2. The molecule has 2 aromatic carbocycles. The van der Waals surface area contributed by atoms with Crippen molar-refractivity contribution in [2.45, 2.75) is 32.8 Å². The van der Waals surface area contributed by atoms with E-state index in [2.05, 4.69) is 23.1 Å². The molecule has 2 amide bonds. The second kappa shape index (κ2) is 12.3. The molecular formula is C21H23Cl2N3O4S. The molecule has 0 aliphatic rings. The maximum Gasteiger partial charge on any atom is 0.279 e. The minimum Gasteiger partial charge on any atom is -0.494 e. The van der Waals surface area contributed by atoms with Gasteiger partial charge in [0.2, 0.25) is 0 Å². The van der Waals surface area contributed by atoms with Crippen LogP contribution in [0.3, 0.4) is 0 Å². The van der Waals surface area contributed by atoms with E-state index in [4.69, 9.17) is 44.9 Å². The first-order chi connectivity index (χ1) is 14.8. The molecule has 7 nitrogen and oxygen atoms in total. The van der Waals surface area contributed by atoms with Crippen LogP contribution in [0.4, 0.5) is 0 Å². The van der Waals surface area contributed by atoms with Gasteiger partial charge in [0, 0.05) is 10.6 Å². The van der Waals surface area contributed by atoms with Crippen molar-refractivity contribution in [1.29, 1.82) is 0 Å². The monoisotopic (exact) mass is 483 g/mol. The van der Waals surface area contributed by atoms with Crippen LogP contribution < -0.4 is 25.6 Å². The third kappa shape index (κ3) is 8.24. The Bertz CT molecular complexity index is 925. The lowest BCUT2D eigenvalue weighted by Crippen LogP contribution is -2.51. The van der Waals surface area contributed by atoms with E-state index in [0.29, 0.717) is 28.7 Å². The van der Waals surface area contributed by atoms with E-state index in [1.165, 1.54) is 13.0 Å². The zero-order valence-corrected chi connectivity index (χ0v) is 19.4. The highest BCUT2D eigenvalue weighted by molar-refractivity contribution is 7.80. The lowest BCUT2D eigenvalue weighted by Gasteiger charge is -2.17. The largest absolute Gasteiger partial charge is 0.494 e. The highest BCUT2D eigenvalue weighted by Crippen LogP contribution is 2.28. The van der Waals surface area contributed by atoms with Crippen LogP contribution in [0.5, 0.6) is 11.5 Å². The Morgan fingerprint density at radius 2 is 1.81 bits per heavy atom. The van der Waals surface area contributed by atoms with Gasteiger partial charge in [-0.1, -0.05) is 36.5 Å². The van der Waals surface area contributed by atoms with Crippen molar-refractivity contribution in [3.8, 4) is 11.5 Å². The summed E-state index contributed by atoms with van der Waals surface area (Å²) < 4.78 is 11.1. The van der Waals surface area contributed by atoms with Gasteiger partial charge in [0.25, 0.3) is 11.8 Å². The molecule has 0 fully saturated rings.